The molecule has 0 atom stereocenters. The van der Waals surface area contributed by atoms with E-state index in [4.69, 9.17) is 0 Å². The van der Waals surface area contributed by atoms with Crippen LogP contribution in [0.1, 0.15) is 19.3 Å². The maximum Gasteiger partial charge on any atom is 0.267 e. The maximum absolute atomic E-state index is 11.7. The molecule has 0 aromatic carbocycles. The highest BCUT2D eigenvalue weighted by atomic mass is 79.9. The van der Waals surface area contributed by atoms with Gasteiger partial charge in [-0.2, -0.15) is 0 Å². The third-order valence-electron chi connectivity index (χ3n) is 2.93. The lowest BCUT2D eigenvalue weighted by Crippen LogP contribution is -2.25. The van der Waals surface area contributed by atoms with Gasteiger partial charge in [0.05, 0.1) is 6.33 Å². The SMILES string of the molecule is O=c1c(Br)cncn1CCCN1CCCC1. The summed E-state index contributed by atoms with van der Waals surface area (Å²) >= 11 is 3.20. The Balaban J connectivity index is 1.85. The van der Waals surface area contributed by atoms with Crippen LogP contribution in [-0.2, 0) is 6.54 Å². The fraction of sp³-hybridized carbons (Fsp3) is 0.636. The highest BCUT2D eigenvalue weighted by Crippen LogP contribution is 2.07. The van der Waals surface area contributed by atoms with E-state index in [1.54, 1.807) is 17.1 Å². The van der Waals surface area contributed by atoms with Crippen LogP contribution in [0.25, 0.3) is 0 Å². The van der Waals surface area contributed by atoms with Crippen LogP contribution in [0.5, 0.6) is 0 Å². The number of likely N-dealkylation sites (tertiary alicyclic amines) is 1. The Morgan fingerprint density at radius 2 is 2.06 bits per heavy atom. The van der Waals surface area contributed by atoms with Crippen molar-refractivity contribution in [2.75, 3.05) is 19.6 Å². The number of aryl methyl sites for hydroxylation is 1. The largest absolute Gasteiger partial charge is 0.303 e. The third-order valence-corrected chi connectivity index (χ3v) is 3.48. The molecule has 2 rings (SSSR count). The van der Waals surface area contributed by atoms with Crippen LogP contribution >= 0.6 is 15.9 Å². The first-order valence-electron chi connectivity index (χ1n) is 5.69. The lowest BCUT2D eigenvalue weighted by atomic mass is 10.4. The van der Waals surface area contributed by atoms with Gasteiger partial charge in [0.15, 0.2) is 0 Å². The first kappa shape index (κ1) is 11.8. The van der Waals surface area contributed by atoms with Gasteiger partial charge in [-0.1, -0.05) is 0 Å². The van der Waals surface area contributed by atoms with Gasteiger partial charge in [-0.25, -0.2) is 4.98 Å². The topological polar surface area (TPSA) is 38.1 Å². The maximum atomic E-state index is 11.7. The van der Waals surface area contributed by atoms with Crippen LogP contribution in [0.3, 0.4) is 0 Å². The zero-order chi connectivity index (χ0) is 11.4. The van der Waals surface area contributed by atoms with Crippen LogP contribution in [0, 0.1) is 0 Å². The fourth-order valence-corrected chi connectivity index (χ4v) is 2.40. The molecule has 0 unspecified atom stereocenters. The smallest absolute Gasteiger partial charge is 0.267 e. The number of halogens is 1. The van der Waals surface area contributed by atoms with Crippen molar-refractivity contribution in [1.29, 1.82) is 0 Å². The molecule has 4 nitrogen and oxygen atoms in total. The molecule has 16 heavy (non-hydrogen) atoms. The molecule has 2 heterocycles. The van der Waals surface area contributed by atoms with Crippen LogP contribution < -0.4 is 5.56 Å². The molecule has 5 heteroatoms. The van der Waals surface area contributed by atoms with E-state index in [1.165, 1.54) is 25.9 Å². The van der Waals surface area contributed by atoms with Gasteiger partial charge in [0.25, 0.3) is 5.56 Å². The molecule has 1 aromatic heterocycles. The van der Waals surface area contributed by atoms with Crippen molar-refractivity contribution < 1.29 is 0 Å². The number of nitrogens with zero attached hydrogens (tertiary/aromatic N) is 3. The third kappa shape index (κ3) is 2.92. The summed E-state index contributed by atoms with van der Waals surface area (Å²) in [6, 6.07) is 0. The highest BCUT2D eigenvalue weighted by molar-refractivity contribution is 9.10. The minimum atomic E-state index is 0.0106. The first-order valence-corrected chi connectivity index (χ1v) is 6.49. The van der Waals surface area contributed by atoms with Crippen LogP contribution in [0.4, 0.5) is 0 Å². The summed E-state index contributed by atoms with van der Waals surface area (Å²) < 4.78 is 2.20. The summed E-state index contributed by atoms with van der Waals surface area (Å²) in [5, 5.41) is 0. The molecule has 1 aliphatic heterocycles. The fourth-order valence-electron chi connectivity index (χ4n) is 2.05. The van der Waals surface area contributed by atoms with E-state index in [0.717, 1.165) is 19.5 Å². The van der Waals surface area contributed by atoms with Crippen molar-refractivity contribution in [2.45, 2.75) is 25.8 Å². The predicted octanol–water partition coefficient (Wildman–Crippen LogP) is 1.49. The van der Waals surface area contributed by atoms with Gasteiger partial charge in [-0.15, -0.1) is 0 Å². The van der Waals surface area contributed by atoms with E-state index in [0.29, 0.717) is 4.47 Å². The number of rotatable bonds is 4. The van der Waals surface area contributed by atoms with Crippen molar-refractivity contribution in [3.63, 3.8) is 0 Å². The van der Waals surface area contributed by atoms with Crippen molar-refractivity contribution >= 4 is 15.9 Å². The molecule has 1 aliphatic rings. The van der Waals surface area contributed by atoms with E-state index in [9.17, 15) is 4.79 Å². The summed E-state index contributed by atoms with van der Waals surface area (Å²) in [4.78, 5) is 18.1. The Morgan fingerprint density at radius 3 is 2.81 bits per heavy atom. The van der Waals surface area contributed by atoms with Crippen molar-refractivity contribution in [3.05, 3.63) is 27.4 Å². The number of aromatic nitrogens is 2. The summed E-state index contributed by atoms with van der Waals surface area (Å²) in [5.74, 6) is 0. The molecular weight excluding hydrogens is 270 g/mol. The lowest BCUT2D eigenvalue weighted by molar-refractivity contribution is 0.324. The number of hydrogen-bond acceptors (Lipinski definition) is 3. The van der Waals surface area contributed by atoms with Gasteiger partial charge < -0.3 is 4.90 Å². The molecule has 0 saturated carbocycles. The normalized spacial score (nSPS) is 16.8. The Hall–Kier alpha value is -0.680. The molecular formula is C11H16BrN3O. The standard InChI is InChI=1S/C11H16BrN3O/c12-10-8-13-9-15(11(10)16)7-3-6-14-4-1-2-5-14/h8-9H,1-7H2. The van der Waals surface area contributed by atoms with Gasteiger partial charge in [-0.3, -0.25) is 9.36 Å². The minimum Gasteiger partial charge on any atom is -0.303 e. The van der Waals surface area contributed by atoms with Gasteiger partial charge in [0.2, 0.25) is 0 Å². The zero-order valence-electron chi connectivity index (χ0n) is 9.23. The molecule has 1 aromatic rings. The molecule has 0 spiro atoms. The summed E-state index contributed by atoms with van der Waals surface area (Å²) in [6.07, 6.45) is 6.80. The molecule has 1 saturated heterocycles. The van der Waals surface area contributed by atoms with Crippen LogP contribution in [0.2, 0.25) is 0 Å². The van der Waals surface area contributed by atoms with E-state index in [-0.39, 0.29) is 5.56 Å². The van der Waals surface area contributed by atoms with Crippen LogP contribution in [-0.4, -0.2) is 34.1 Å². The zero-order valence-corrected chi connectivity index (χ0v) is 10.8. The molecule has 0 bridgehead atoms. The molecule has 88 valence electrons. The van der Waals surface area contributed by atoms with Crippen molar-refractivity contribution in [3.8, 4) is 0 Å². The Kier molecular flexibility index (Phi) is 4.12. The Morgan fingerprint density at radius 1 is 1.31 bits per heavy atom. The van der Waals surface area contributed by atoms with E-state index >= 15 is 0 Å². The number of hydrogen-bond donors (Lipinski definition) is 0. The molecule has 0 N–H and O–H groups in total. The lowest BCUT2D eigenvalue weighted by Gasteiger charge is -2.14. The van der Waals surface area contributed by atoms with Gasteiger partial charge in [-0.05, 0) is 54.8 Å². The molecule has 0 amide bonds. The van der Waals surface area contributed by atoms with Gasteiger partial charge >= 0.3 is 0 Å². The average Bonchev–Trinajstić information content (AvgIpc) is 2.77. The van der Waals surface area contributed by atoms with E-state index in [1.807, 2.05) is 0 Å². The van der Waals surface area contributed by atoms with E-state index in [2.05, 4.69) is 25.8 Å². The quantitative estimate of drug-likeness (QED) is 0.841. The second kappa shape index (κ2) is 5.59. The second-order valence-corrected chi connectivity index (χ2v) is 5.00. The second-order valence-electron chi connectivity index (χ2n) is 4.14. The monoisotopic (exact) mass is 285 g/mol. The highest BCUT2D eigenvalue weighted by Gasteiger charge is 2.10. The molecule has 0 aliphatic carbocycles. The summed E-state index contributed by atoms with van der Waals surface area (Å²) in [5.41, 5.74) is 0.0106. The average molecular weight is 286 g/mol. The Labute approximate surface area is 103 Å². The van der Waals surface area contributed by atoms with Crippen molar-refractivity contribution in [2.24, 2.45) is 0 Å². The van der Waals surface area contributed by atoms with Crippen LogP contribution in [0.15, 0.2) is 21.8 Å². The molecule has 1 fully saturated rings. The molecule has 0 radical (unpaired) electrons. The van der Waals surface area contributed by atoms with Gasteiger partial charge in [0.1, 0.15) is 4.47 Å². The summed E-state index contributed by atoms with van der Waals surface area (Å²) in [7, 11) is 0. The first-order chi connectivity index (χ1) is 7.77. The van der Waals surface area contributed by atoms with Crippen molar-refractivity contribution in [1.82, 2.24) is 14.5 Å². The predicted molar refractivity (Wildman–Crippen MR) is 66.5 cm³/mol. The van der Waals surface area contributed by atoms with Gasteiger partial charge in [0, 0.05) is 12.7 Å². The summed E-state index contributed by atoms with van der Waals surface area (Å²) in [6.45, 7) is 4.26. The minimum absolute atomic E-state index is 0.0106. The Bertz CT molecular complexity index is 398. The van der Waals surface area contributed by atoms with E-state index < -0.39 is 0 Å².